The number of methoxy groups -OCH3 is 1. The SMILES string of the molecule is COc1ccc(CNC[C@]2(n3cn[nH]c3=O)CC[C@@](CO[C@H](C)c3cc(C(F)(F)F)cc(C(F)(F)F)c3)(c3ccccc3)N(C(=O)OCc3ccccc3)C2)cc1.C[C@@H](OC[C@@]1(c2ccccc2)CC[C@@](CN)(n2cn[nH]c2=O)CN1)c1cc(C(F)(F)F)cc(C(F)(F)F)c1. The maximum atomic E-state index is 14.5. The monoisotopic (exact) mass is 1340 g/mol. The number of halogens is 12. The summed E-state index contributed by atoms with van der Waals surface area (Å²) in [6, 6.07) is 37.1. The number of nitrogens with two attached hydrogens (primary N) is 1. The number of nitrogens with one attached hydrogen (secondary N) is 4. The molecule has 508 valence electrons. The van der Waals surface area contributed by atoms with Gasteiger partial charge in [-0.25, -0.2) is 24.6 Å². The van der Waals surface area contributed by atoms with Crippen LogP contribution >= 0.6 is 0 Å². The van der Waals surface area contributed by atoms with Gasteiger partial charge in [-0.15, -0.1) is 0 Å². The van der Waals surface area contributed by atoms with E-state index in [1.54, 1.807) is 61.7 Å². The number of H-pyrrole nitrogens is 2. The van der Waals surface area contributed by atoms with Crippen LogP contribution in [0.2, 0.25) is 0 Å². The lowest BCUT2D eigenvalue weighted by Crippen LogP contribution is -2.65. The standard InChI is InChI=1S/C41H41F6N5O5.C25H27F6N5O2/c1-28(31-19-33(40(42,43)44)21-34(20-31)41(45,46)47)57-26-39(32-11-7-4-8-12-32)18-17-38(52-27-49-50-36(52)53,24-48-22-29-13-15-35(55-2)16-14-29)25-51(39)37(54)56-23-30-9-5-3-6-10-30;1-16(17-9-19(24(26,27)28)11-20(10-17)25(29,30)31)38-14-23(18-5-3-2-4-6-18)8-7-22(12-32,13-33-23)36-15-34-35-21(36)37/h3-16,19-21,27-28,48H,17-18,22-26H2,1-2H3,(H,50,53);2-6,9-11,15-16,33H,7-8,12-14,32H2,1H3,(H,35,37)/t28-,38-,39-;16-,22+,23-/m11/s1. The van der Waals surface area contributed by atoms with E-state index >= 15 is 0 Å². The number of rotatable bonds is 20. The maximum absolute atomic E-state index is 14.5. The third-order valence-corrected chi connectivity index (χ3v) is 17.6. The summed E-state index contributed by atoms with van der Waals surface area (Å²) >= 11 is 0. The minimum absolute atomic E-state index is 0.0588. The van der Waals surface area contributed by atoms with E-state index in [1.807, 2.05) is 60.7 Å². The van der Waals surface area contributed by atoms with Crippen molar-refractivity contribution >= 4 is 6.09 Å². The lowest BCUT2D eigenvalue weighted by Gasteiger charge is -2.53. The van der Waals surface area contributed by atoms with Crippen LogP contribution < -0.4 is 32.5 Å². The van der Waals surface area contributed by atoms with Crippen LogP contribution in [0, 0.1) is 0 Å². The molecule has 2 saturated heterocycles. The number of aromatic nitrogens is 6. The first-order valence-electron chi connectivity index (χ1n) is 29.9. The number of likely N-dealkylation sites (tertiary alicyclic amines) is 1. The summed E-state index contributed by atoms with van der Waals surface area (Å²) in [5.41, 5.74) is -2.30. The average molecular weight is 1340 g/mol. The summed E-state index contributed by atoms with van der Waals surface area (Å²) in [5.74, 6) is 0.680. The van der Waals surface area contributed by atoms with Crippen molar-refractivity contribution in [2.45, 2.75) is 112 Å². The zero-order chi connectivity index (χ0) is 68.6. The first-order chi connectivity index (χ1) is 44.9. The second-order valence-electron chi connectivity index (χ2n) is 23.6. The van der Waals surface area contributed by atoms with Gasteiger partial charge in [0.15, 0.2) is 0 Å². The second-order valence-corrected chi connectivity index (χ2v) is 23.6. The number of alkyl halides is 12. The molecule has 0 bridgehead atoms. The molecule has 6 aromatic carbocycles. The number of nitrogens with zero attached hydrogens (tertiary/aromatic N) is 5. The van der Waals surface area contributed by atoms with Crippen molar-refractivity contribution in [1.82, 2.24) is 45.1 Å². The molecule has 0 unspecified atom stereocenters. The predicted octanol–water partition coefficient (Wildman–Crippen LogP) is 12.5. The minimum atomic E-state index is -5.06. The quantitative estimate of drug-likeness (QED) is 0.0452. The van der Waals surface area contributed by atoms with E-state index < -0.39 is 98.8 Å². The Bertz CT molecular complexity index is 3880. The first-order valence-corrected chi connectivity index (χ1v) is 29.9. The summed E-state index contributed by atoms with van der Waals surface area (Å²) in [4.78, 5) is 41.5. The third-order valence-electron chi connectivity index (χ3n) is 17.6. The Hall–Kier alpha value is -8.77. The van der Waals surface area contributed by atoms with Crippen LogP contribution in [0.5, 0.6) is 5.75 Å². The summed E-state index contributed by atoms with van der Waals surface area (Å²) < 4.78 is 189. The highest BCUT2D eigenvalue weighted by molar-refractivity contribution is 5.70. The van der Waals surface area contributed by atoms with Gasteiger partial charge in [-0.1, -0.05) is 103 Å². The van der Waals surface area contributed by atoms with Gasteiger partial charge in [0.05, 0.1) is 83.5 Å². The van der Waals surface area contributed by atoms with E-state index in [2.05, 4.69) is 31.0 Å². The normalized spacial score (nSPS) is 20.9. The van der Waals surface area contributed by atoms with Crippen LogP contribution in [0.15, 0.2) is 174 Å². The van der Waals surface area contributed by atoms with E-state index in [1.165, 1.54) is 40.5 Å². The van der Waals surface area contributed by atoms with Gasteiger partial charge in [-0.2, -0.15) is 62.9 Å². The fourth-order valence-corrected chi connectivity index (χ4v) is 12.0. The number of amides is 1. The third kappa shape index (κ3) is 16.3. The summed E-state index contributed by atoms with van der Waals surface area (Å²) in [5, 5.41) is 19.4. The van der Waals surface area contributed by atoms with Gasteiger partial charge in [-0.3, -0.25) is 14.0 Å². The molecule has 4 heterocycles. The van der Waals surface area contributed by atoms with E-state index in [-0.39, 0.29) is 82.1 Å². The largest absolute Gasteiger partial charge is 0.497 e. The molecule has 1 amide bonds. The molecule has 0 saturated carbocycles. The van der Waals surface area contributed by atoms with E-state index in [4.69, 9.17) is 24.7 Å². The van der Waals surface area contributed by atoms with Crippen LogP contribution in [-0.2, 0) is 74.2 Å². The van der Waals surface area contributed by atoms with Crippen LogP contribution in [0.1, 0.15) is 107 Å². The Morgan fingerprint density at radius 2 is 1.05 bits per heavy atom. The number of benzene rings is 6. The van der Waals surface area contributed by atoms with Crippen LogP contribution in [0.25, 0.3) is 0 Å². The number of ether oxygens (including phenoxy) is 4. The highest BCUT2D eigenvalue weighted by Gasteiger charge is 2.54. The van der Waals surface area contributed by atoms with Gasteiger partial charge in [0, 0.05) is 26.2 Å². The molecule has 2 aliphatic heterocycles. The van der Waals surface area contributed by atoms with Crippen molar-refractivity contribution in [2.24, 2.45) is 5.73 Å². The van der Waals surface area contributed by atoms with Gasteiger partial charge in [-0.05, 0) is 121 Å². The average Bonchev–Trinajstić information content (AvgIpc) is 1.64. The smallest absolute Gasteiger partial charge is 0.416 e. The molecule has 0 aliphatic carbocycles. The molecule has 0 spiro atoms. The molecule has 6 N–H and O–H groups in total. The Kier molecular flexibility index (Phi) is 21.3. The van der Waals surface area contributed by atoms with Gasteiger partial charge in [0.1, 0.15) is 25.0 Å². The number of carbonyl (C=O) groups excluding carboxylic acids is 1. The number of carbonyl (C=O) groups is 1. The molecular weight excluding hydrogens is 1270 g/mol. The molecule has 2 aliphatic rings. The molecule has 0 radical (unpaired) electrons. The van der Waals surface area contributed by atoms with Gasteiger partial charge >= 0.3 is 42.2 Å². The van der Waals surface area contributed by atoms with Crippen molar-refractivity contribution < 1.29 is 76.4 Å². The Morgan fingerprint density at radius 3 is 1.49 bits per heavy atom. The van der Waals surface area contributed by atoms with Crippen molar-refractivity contribution in [3.63, 3.8) is 0 Å². The molecule has 2 fully saturated rings. The maximum Gasteiger partial charge on any atom is 0.416 e. The van der Waals surface area contributed by atoms with Crippen LogP contribution in [0.4, 0.5) is 57.5 Å². The lowest BCUT2D eigenvalue weighted by molar-refractivity contribution is -0.145. The molecule has 95 heavy (non-hydrogen) atoms. The minimum Gasteiger partial charge on any atom is -0.497 e. The molecule has 2 aromatic heterocycles. The molecular formula is C66H68F12N10O7. The van der Waals surface area contributed by atoms with Crippen molar-refractivity contribution in [2.75, 3.05) is 46.5 Å². The number of piperidine rings is 2. The molecule has 8 aromatic rings. The lowest BCUT2D eigenvalue weighted by atomic mass is 9.74. The van der Waals surface area contributed by atoms with Crippen molar-refractivity contribution in [1.29, 1.82) is 0 Å². The topological polar surface area (TPSA) is 209 Å². The highest BCUT2D eigenvalue weighted by atomic mass is 19.4. The van der Waals surface area contributed by atoms with E-state index in [0.717, 1.165) is 11.1 Å². The van der Waals surface area contributed by atoms with Gasteiger partial charge < -0.3 is 35.3 Å². The van der Waals surface area contributed by atoms with Crippen molar-refractivity contribution in [3.05, 3.63) is 241 Å². The fraction of sp³-hybridized carbons (Fsp3) is 0.379. The number of hydrogen-bond acceptors (Lipinski definition) is 12. The molecule has 6 atom stereocenters. The van der Waals surface area contributed by atoms with E-state index in [0.29, 0.717) is 60.5 Å². The summed E-state index contributed by atoms with van der Waals surface area (Å²) in [6.45, 7) is 3.04. The molecule has 10 rings (SSSR count). The van der Waals surface area contributed by atoms with Crippen LogP contribution in [0.3, 0.4) is 0 Å². The number of hydrogen-bond donors (Lipinski definition) is 5. The highest BCUT2D eigenvalue weighted by Crippen LogP contribution is 2.47. The summed E-state index contributed by atoms with van der Waals surface area (Å²) in [6.07, 6.45) is -19.2. The Labute approximate surface area is 536 Å². The first kappa shape index (κ1) is 70.5. The number of aromatic amines is 2. The zero-order valence-corrected chi connectivity index (χ0v) is 51.4. The fourth-order valence-electron chi connectivity index (χ4n) is 12.0. The Morgan fingerprint density at radius 1 is 0.589 bits per heavy atom. The molecule has 17 nitrogen and oxygen atoms in total. The molecule has 29 heteroatoms. The summed E-state index contributed by atoms with van der Waals surface area (Å²) in [7, 11) is 1.57. The van der Waals surface area contributed by atoms with Crippen molar-refractivity contribution in [3.8, 4) is 5.75 Å². The van der Waals surface area contributed by atoms with Crippen LogP contribution in [-0.4, -0.2) is 87.0 Å². The van der Waals surface area contributed by atoms with Gasteiger partial charge in [0.2, 0.25) is 0 Å². The predicted molar refractivity (Wildman–Crippen MR) is 323 cm³/mol. The Balaban J connectivity index is 0.000000242. The van der Waals surface area contributed by atoms with Gasteiger partial charge in [0.25, 0.3) is 0 Å². The van der Waals surface area contributed by atoms with E-state index in [9.17, 15) is 67.1 Å². The zero-order valence-electron chi connectivity index (χ0n) is 51.4. The second kappa shape index (κ2) is 28.7.